The summed E-state index contributed by atoms with van der Waals surface area (Å²) < 4.78 is 11.2. The maximum atomic E-state index is 5.62. The topological polar surface area (TPSA) is 18.5 Å². The van der Waals surface area contributed by atoms with Crippen LogP contribution in [0.3, 0.4) is 0 Å². The number of ether oxygens (including phenoxy) is 2. The van der Waals surface area contributed by atoms with Crippen molar-refractivity contribution in [3.05, 3.63) is 29.3 Å². The summed E-state index contributed by atoms with van der Waals surface area (Å²) in [6.45, 7) is 8.44. The van der Waals surface area contributed by atoms with Crippen molar-refractivity contribution < 1.29 is 9.47 Å². The molecule has 0 aliphatic rings. The number of hydrogen-bond acceptors (Lipinski definition) is 2. The van der Waals surface area contributed by atoms with Gasteiger partial charge in [0.2, 0.25) is 0 Å². The van der Waals surface area contributed by atoms with Gasteiger partial charge in [-0.1, -0.05) is 31.0 Å². The highest BCUT2D eigenvalue weighted by Gasteiger charge is 2.03. The third kappa shape index (κ3) is 4.23. The molecule has 0 spiro atoms. The van der Waals surface area contributed by atoms with Crippen molar-refractivity contribution in [1.82, 2.24) is 0 Å². The zero-order valence-electron chi connectivity index (χ0n) is 10.6. The summed E-state index contributed by atoms with van der Waals surface area (Å²) in [6.07, 6.45) is 2.29. The van der Waals surface area contributed by atoms with Crippen LogP contribution in [0.2, 0.25) is 0 Å². The van der Waals surface area contributed by atoms with E-state index in [4.69, 9.17) is 9.47 Å². The molecule has 1 aromatic rings. The monoisotopic (exact) mass is 222 g/mol. The van der Waals surface area contributed by atoms with Gasteiger partial charge in [-0.3, -0.25) is 0 Å². The lowest BCUT2D eigenvalue weighted by Crippen LogP contribution is -2.00. The predicted molar refractivity (Wildman–Crippen MR) is 66.9 cm³/mol. The van der Waals surface area contributed by atoms with Crippen molar-refractivity contribution in [2.75, 3.05) is 13.2 Å². The van der Waals surface area contributed by atoms with Gasteiger partial charge in [-0.05, 0) is 26.3 Å². The summed E-state index contributed by atoms with van der Waals surface area (Å²) in [6, 6.07) is 6.23. The number of rotatable bonds is 7. The van der Waals surface area contributed by atoms with E-state index in [2.05, 4.69) is 26.0 Å². The second kappa shape index (κ2) is 7.29. The molecule has 2 nitrogen and oxygen atoms in total. The van der Waals surface area contributed by atoms with Crippen molar-refractivity contribution in [3.8, 4) is 5.75 Å². The van der Waals surface area contributed by atoms with E-state index in [1.165, 1.54) is 12.0 Å². The third-order valence-electron chi connectivity index (χ3n) is 2.42. The first-order chi connectivity index (χ1) is 7.77. The van der Waals surface area contributed by atoms with E-state index in [0.717, 1.165) is 24.3 Å². The molecule has 0 bridgehead atoms. The smallest absolute Gasteiger partial charge is 0.124 e. The van der Waals surface area contributed by atoms with Gasteiger partial charge >= 0.3 is 0 Å². The molecule has 0 radical (unpaired) electrons. The average molecular weight is 222 g/mol. The maximum Gasteiger partial charge on any atom is 0.124 e. The van der Waals surface area contributed by atoms with Gasteiger partial charge in [-0.25, -0.2) is 0 Å². The number of benzene rings is 1. The molecule has 0 aliphatic carbocycles. The Morgan fingerprint density at radius 1 is 1.19 bits per heavy atom. The minimum Gasteiger partial charge on any atom is -0.494 e. The lowest BCUT2D eigenvalue weighted by atomic mass is 10.1. The standard InChI is InChI=1S/C14H22O2/c1-4-6-9-15-11-13-10-12(3)7-8-14(13)16-5-2/h7-8,10H,4-6,9,11H2,1-3H3. The summed E-state index contributed by atoms with van der Waals surface area (Å²) in [5.41, 5.74) is 2.40. The van der Waals surface area contributed by atoms with Gasteiger partial charge < -0.3 is 9.47 Å². The summed E-state index contributed by atoms with van der Waals surface area (Å²) in [4.78, 5) is 0. The molecule has 0 aromatic heterocycles. The number of unbranched alkanes of at least 4 members (excludes halogenated alkanes) is 1. The fraction of sp³-hybridized carbons (Fsp3) is 0.571. The Balaban J connectivity index is 2.57. The SMILES string of the molecule is CCCCOCc1cc(C)ccc1OCC. The Hall–Kier alpha value is -1.02. The predicted octanol–water partition coefficient (Wildman–Crippen LogP) is 3.71. The van der Waals surface area contributed by atoms with Crippen molar-refractivity contribution in [2.24, 2.45) is 0 Å². The van der Waals surface area contributed by atoms with Gasteiger partial charge in [-0.15, -0.1) is 0 Å². The van der Waals surface area contributed by atoms with E-state index >= 15 is 0 Å². The molecule has 16 heavy (non-hydrogen) atoms. The maximum absolute atomic E-state index is 5.62. The van der Waals surface area contributed by atoms with Crippen LogP contribution in [0.1, 0.15) is 37.8 Å². The third-order valence-corrected chi connectivity index (χ3v) is 2.42. The summed E-state index contributed by atoms with van der Waals surface area (Å²) in [5.74, 6) is 0.949. The van der Waals surface area contributed by atoms with Crippen LogP contribution in [0.15, 0.2) is 18.2 Å². The second-order valence-corrected chi connectivity index (χ2v) is 3.95. The van der Waals surface area contributed by atoms with Crippen molar-refractivity contribution in [3.63, 3.8) is 0 Å². The molecule has 0 heterocycles. The van der Waals surface area contributed by atoms with Crippen molar-refractivity contribution in [2.45, 2.75) is 40.2 Å². The molecule has 0 N–H and O–H groups in total. The van der Waals surface area contributed by atoms with E-state index in [1.54, 1.807) is 0 Å². The molecule has 0 aliphatic heterocycles. The fourth-order valence-electron chi connectivity index (χ4n) is 1.55. The van der Waals surface area contributed by atoms with Crippen molar-refractivity contribution >= 4 is 0 Å². The highest BCUT2D eigenvalue weighted by atomic mass is 16.5. The summed E-state index contributed by atoms with van der Waals surface area (Å²) >= 11 is 0. The first-order valence-corrected chi connectivity index (χ1v) is 6.08. The van der Waals surface area contributed by atoms with Crippen LogP contribution in [-0.4, -0.2) is 13.2 Å². The van der Waals surface area contributed by atoms with Crippen LogP contribution in [0.25, 0.3) is 0 Å². The average Bonchev–Trinajstić information content (AvgIpc) is 2.28. The number of aryl methyl sites for hydroxylation is 1. The largest absolute Gasteiger partial charge is 0.494 e. The molecule has 2 heteroatoms. The van der Waals surface area contributed by atoms with Crippen molar-refractivity contribution in [1.29, 1.82) is 0 Å². The normalized spacial score (nSPS) is 10.4. The lowest BCUT2D eigenvalue weighted by molar-refractivity contribution is 0.115. The van der Waals surface area contributed by atoms with Crippen LogP contribution in [-0.2, 0) is 11.3 Å². The van der Waals surface area contributed by atoms with Crippen LogP contribution in [0.4, 0.5) is 0 Å². The molecule has 0 saturated carbocycles. The van der Waals surface area contributed by atoms with Crippen LogP contribution < -0.4 is 4.74 Å². The van der Waals surface area contributed by atoms with E-state index in [0.29, 0.717) is 13.2 Å². The Morgan fingerprint density at radius 3 is 2.69 bits per heavy atom. The molecule has 0 unspecified atom stereocenters. The molecule has 0 fully saturated rings. The van der Waals surface area contributed by atoms with Crippen LogP contribution >= 0.6 is 0 Å². The fourth-order valence-corrected chi connectivity index (χ4v) is 1.55. The highest BCUT2D eigenvalue weighted by Crippen LogP contribution is 2.21. The van der Waals surface area contributed by atoms with Gasteiger partial charge in [0, 0.05) is 12.2 Å². The molecule has 0 amide bonds. The molecule has 90 valence electrons. The van der Waals surface area contributed by atoms with Crippen LogP contribution in [0.5, 0.6) is 5.75 Å². The van der Waals surface area contributed by atoms with E-state index < -0.39 is 0 Å². The lowest BCUT2D eigenvalue weighted by Gasteiger charge is -2.11. The molecular formula is C14H22O2. The van der Waals surface area contributed by atoms with E-state index in [-0.39, 0.29) is 0 Å². The highest BCUT2D eigenvalue weighted by molar-refractivity contribution is 5.36. The summed E-state index contributed by atoms with van der Waals surface area (Å²) in [5, 5.41) is 0. The Labute approximate surface area is 98.6 Å². The summed E-state index contributed by atoms with van der Waals surface area (Å²) in [7, 11) is 0. The van der Waals surface area contributed by atoms with E-state index in [1.807, 2.05) is 13.0 Å². The minimum absolute atomic E-state index is 0.650. The molecule has 0 saturated heterocycles. The van der Waals surface area contributed by atoms with Gasteiger partial charge in [0.1, 0.15) is 5.75 Å². The van der Waals surface area contributed by atoms with Crippen LogP contribution in [0, 0.1) is 6.92 Å². The zero-order chi connectivity index (χ0) is 11.8. The Kier molecular flexibility index (Phi) is 5.94. The van der Waals surface area contributed by atoms with Gasteiger partial charge in [-0.2, -0.15) is 0 Å². The molecular weight excluding hydrogens is 200 g/mol. The first kappa shape index (κ1) is 13.0. The van der Waals surface area contributed by atoms with Gasteiger partial charge in [0.25, 0.3) is 0 Å². The van der Waals surface area contributed by atoms with Gasteiger partial charge in [0.05, 0.1) is 13.2 Å². The van der Waals surface area contributed by atoms with E-state index in [9.17, 15) is 0 Å². The Morgan fingerprint density at radius 2 is 2.00 bits per heavy atom. The Bertz CT molecular complexity index is 308. The minimum atomic E-state index is 0.650. The first-order valence-electron chi connectivity index (χ1n) is 6.08. The second-order valence-electron chi connectivity index (χ2n) is 3.95. The molecule has 1 aromatic carbocycles. The molecule has 0 atom stereocenters. The van der Waals surface area contributed by atoms with Gasteiger partial charge in [0.15, 0.2) is 0 Å². The molecule has 1 rings (SSSR count). The quantitative estimate of drug-likeness (QED) is 0.655. The zero-order valence-corrected chi connectivity index (χ0v) is 10.6. The number of hydrogen-bond donors (Lipinski definition) is 0.